The summed E-state index contributed by atoms with van der Waals surface area (Å²) in [7, 11) is 0. The molecule has 1 saturated heterocycles. The van der Waals surface area contributed by atoms with Crippen LogP contribution >= 0.6 is 0 Å². The smallest absolute Gasteiger partial charge is 0.349 e. The van der Waals surface area contributed by atoms with Crippen LogP contribution in [0, 0.1) is 0 Å². The molecular weight excluding hydrogens is 420 g/mol. The number of aliphatic hydroxyl groups is 4. The van der Waals surface area contributed by atoms with Crippen LogP contribution in [0.3, 0.4) is 0 Å². The van der Waals surface area contributed by atoms with Crippen LogP contribution in [0.4, 0.5) is 0 Å². The Bertz CT molecular complexity index is 492. The Morgan fingerprint density at radius 3 is 1.09 bits per heavy atom. The van der Waals surface area contributed by atoms with Crippen molar-refractivity contribution in [1.29, 1.82) is 0 Å². The highest BCUT2D eigenvalue weighted by molar-refractivity contribution is 5.87. The van der Waals surface area contributed by atoms with Gasteiger partial charge in [0.25, 0.3) is 0 Å². The van der Waals surface area contributed by atoms with Crippen molar-refractivity contribution in [3.63, 3.8) is 0 Å². The number of cyclic esters (lactones) is 2. The molecule has 6 atom stereocenters. The number of carbonyl (C=O) groups excluding carboxylic acids is 2. The lowest BCUT2D eigenvalue weighted by Gasteiger charge is -2.35. The van der Waals surface area contributed by atoms with Crippen LogP contribution in [0.5, 0.6) is 0 Å². The molecule has 10 nitrogen and oxygen atoms in total. The van der Waals surface area contributed by atoms with Crippen molar-refractivity contribution in [2.24, 2.45) is 0 Å². The second kappa shape index (κ2) is 14.8. The van der Waals surface area contributed by atoms with E-state index >= 15 is 0 Å². The molecule has 0 saturated carbocycles. The normalized spacial score (nSPS) is 23.1. The fourth-order valence-corrected chi connectivity index (χ4v) is 3.38. The first-order valence-electron chi connectivity index (χ1n) is 11.7. The van der Waals surface area contributed by atoms with Crippen LogP contribution in [0.15, 0.2) is 0 Å². The predicted molar refractivity (Wildman–Crippen MR) is 118 cm³/mol. The molecule has 1 aliphatic rings. The van der Waals surface area contributed by atoms with E-state index in [-0.39, 0.29) is 39.3 Å². The van der Waals surface area contributed by atoms with Gasteiger partial charge >= 0.3 is 11.9 Å². The zero-order chi connectivity index (χ0) is 24.3. The average molecular weight is 463 g/mol. The van der Waals surface area contributed by atoms with Crippen molar-refractivity contribution in [2.75, 3.05) is 39.3 Å². The van der Waals surface area contributed by atoms with E-state index in [2.05, 4.69) is 0 Å². The van der Waals surface area contributed by atoms with Gasteiger partial charge in [-0.25, -0.2) is 9.59 Å². The van der Waals surface area contributed by atoms with Gasteiger partial charge in [-0.3, -0.25) is 9.80 Å². The highest BCUT2D eigenvalue weighted by Crippen LogP contribution is 2.16. The first-order chi connectivity index (χ1) is 15.1. The van der Waals surface area contributed by atoms with E-state index in [9.17, 15) is 30.0 Å². The minimum atomic E-state index is -1.15. The number of hydrogen-bond donors (Lipinski definition) is 4. The molecule has 10 heteroatoms. The highest BCUT2D eigenvalue weighted by atomic mass is 16.6. The first-order valence-corrected chi connectivity index (χ1v) is 11.7. The Hall–Kier alpha value is -1.30. The van der Waals surface area contributed by atoms with Gasteiger partial charge < -0.3 is 29.9 Å². The van der Waals surface area contributed by atoms with Crippen LogP contribution in [0.25, 0.3) is 0 Å². The molecule has 0 aromatic heterocycles. The summed E-state index contributed by atoms with van der Waals surface area (Å²) in [5.74, 6) is -1.38. The Kier molecular flexibility index (Phi) is 13.3. The van der Waals surface area contributed by atoms with Crippen molar-refractivity contribution < 1.29 is 39.5 Å². The third-order valence-electron chi connectivity index (χ3n) is 5.65. The molecule has 0 bridgehead atoms. The van der Waals surface area contributed by atoms with Crippen molar-refractivity contribution in [3.05, 3.63) is 0 Å². The molecule has 0 aromatic carbocycles. The van der Waals surface area contributed by atoms with Gasteiger partial charge in [0.2, 0.25) is 12.2 Å². The minimum Gasteiger partial charge on any atom is -0.446 e. The fourth-order valence-electron chi connectivity index (χ4n) is 3.38. The molecule has 0 radical (unpaired) electrons. The summed E-state index contributed by atoms with van der Waals surface area (Å²) >= 11 is 0. The molecule has 0 amide bonds. The largest absolute Gasteiger partial charge is 0.446 e. The molecule has 0 spiro atoms. The van der Waals surface area contributed by atoms with Crippen LogP contribution in [-0.2, 0) is 19.1 Å². The number of nitrogens with zero attached hydrogens (tertiary/aromatic N) is 2. The van der Waals surface area contributed by atoms with Crippen molar-refractivity contribution >= 4 is 11.9 Å². The fraction of sp³-hybridized carbons (Fsp3) is 0.909. The van der Waals surface area contributed by atoms with E-state index in [1.165, 1.54) is 0 Å². The summed E-state index contributed by atoms with van der Waals surface area (Å²) in [5.41, 5.74) is 0. The maximum absolute atomic E-state index is 12.6. The number of esters is 2. The van der Waals surface area contributed by atoms with Gasteiger partial charge in [-0.05, 0) is 25.7 Å². The van der Waals surface area contributed by atoms with E-state index in [1.54, 1.807) is 9.80 Å². The third kappa shape index (κ3) is 10.1. The molecule has 1 heterocycles. The van der Waals surface area contributed by atoms with Gasteiger partial charge in [0.1, 0.15) is 0 Å². The number of ether oxygens (including phenoxy) is 2. The van der Waals surface area contributed by atoms with Crippen LogP contribution in [-0.4, -0.2) is 118 Å². The van der Waals surface area contributed by atoms with Gasteiger partial charge in [0.05, 0.1) is 24.4 Å². The topological polar surface area (TPSA) is 140 Å². The summed E-state index contributed by atoms with van der Waals surface area (Å²) in [4.78, 5) is 28.5. The monoisotopic (exact) mass is 462 g/mol. The van der Waals surface area contributed by atoms with Crippen LogP contribution in [0.1, 0.15) is 53.4 Å². The zero-order valence-electron chi connectivity index (χ0n) is 19.9. The Balaban J connectivity index is 2.78. The molecule has 1 fully saturated rings. The van der Waals surface area contributed by atoms with Crippen molar-refractivity contribution in [3.8, 4) is 0 Å². The molecule has 1 aliphatic heterocycles. The molecule has 32 heavy (non-hydrogen) atoms. The van der Waals surface area contributed by atoms with E-state index in [4.69, 9.17) is 9.47 Å². The second-order valence-electron chi connectivity index (χ2n) is 8.54. The molecule has 4 N–H and O–H groups in total. The summed E-state index contributed by atoms with van der Waals surface area (Å²) in [6.45, 7) is 8.27. The number of aliphatic hydroxyl groups excluding tert-OH is 4. The lowest BCUT2D eigenvalue weighted by Crippen LogP contribution is -2.54. The maximum Gasteiger partial charge on any atom is 0.349 e. The number of rotatable bonds is 16. The predicted octanol–water partition coefficient (Wildman–Crippen LogP) is -0.489. The average Bonchev–Trinajstić information content (AvgIpc) is 2.76. The van der Waals surface area contributed by atoms with E-state index in [0.29, 0.717) is 25.7 Å². The SMILES string of the molecule is CCC(O)CN(CC(O)CC)CC1OC(=O)C(CN(CC(O)CC)CC(O)CC)OC1=O. The summed E-state index contributed by atoms with van der Waals surface area (Å²) in [6.07, 6.45) is -2.78. The van der Waals surface area contributed by atoms with E-state index in [0.717, 1.165) is 0 Å². The number of carbonyl (C=O) groups is 2. The lowest BCUT2D eigenvalue weighted by molar-refractivity contribution is -0.198. The van der Waals surface area contributed by atoms with E-state index < -0.39 is 48.6 Å². The Morgan fingerprint density at radius 2 is 0.875 bits per heavy atom. The standard InChI is InChI=1S/C22H42N2O8/c1-5-15(25)9-23(10-16(26)6-2)13-19-21(29)32-20(22(30)31-19)14-24(11-17(27)7-3)12-18(28)8-4/h15-20,25-28H,5-14H2,1-4H3. The summed E-state index contributed by atoms with van der Waals surface area (Å²) in [6, 6.07) is 0. The van der Waals surface area contributed by atoms with Crippen LogP contribution < -0.4 is 0 Å². The molecule has 1 rings (SSSR count). The summed E-state index contributed by atoms with van der Waals surface area (Å²) in [5, 5.41) is 40.0. The van der Waals surface area contributed by atoms with Gasteiger partial charge in [-0.2, -0.15) is 0 Å². The lowest BCUT2D eigenvalue weighted by atomic mass is 10.1. The second-order valence-corrected chi connectivity index (χ2v) is 8.54. The molecule has 0 aromatic rings. The van der Waals surface area contributed by atoms with Crippen molar-refractivity contribution in [1.82, 2.24) is 9.80 Å². The van der Waals surface area contributed by atoms with Crippen LogP contribution in [0.2, 0.25) is 0 Å². The third-order valence-corrected chi connectivity index (χ3v) is 5.65. The van der Waals surface area contributed by atoms with E-state index in [1.807, 2.05) is 27.7 Å². The molecule has 188 valence electrons. The first kappa shape index (κ1) is 28.7. The maximum atomic E-state index is 12.6. The molecular formula is C22H42N2O8. The number of hydrogen-bond acceptors (Lipinski definition) is 10. The van der Waals surface area contributed by atoms with Gasteiger partial charge in [-0.1, -0.05) is 27.7 Å². The van der Waals surface area contributed by atoms with Gasteiger partial charge in [-0.15, -0.1) is 0 Å². The van der Waals surface area contributed by atoms with Crippen molar-refractivity contribution in [2.45, 2.75) is 90.0 Å². The summed E-state index contributed by atoms with van der Waals surface area (Å²) < 4.78 is 10.7. The minimum absolute atomic E-state index is 0.0121. The quantitative estimate of drug-likeness (QED) is 0.222. The molecule has 6 unspecified atom stereocenters. The highest BCUT2D eigenvalue weighted by Gasteiger charge is 2.40. The van der Waals surface area contributed by atoms with Gasteiger partial charge in [0.15, 0.2) is 0 Å². The Labute approximate surface area is 191 Å². The van der Waals surface area contributed by atoms with Gasteiger partial charge in [0, 0.05) is 39.3 Å². The zero-order valence-corrected chi connectivity index (χ0v) is 19.9. The molecule has 0 aliphatic carbocycles. The Morgan fingerprint density at radius 1 is 0.625 bits per heavy atom.